The number of hydrogen-bond donors (Lipinski definition) is 2. The van der Waals surface area contributed by atoms with Crippen molar-refractivity contribution in [2.24, 2.45) is 5.11 Å². The Morgan fingerprint density at radius 2 is 1.96 bits per heavy atom. The number of ether oxygens (including phenoxy) is 1. The molecule has 1 amide bonds. The van der Waals surface area contributed by atoms with Gasteiger partial charge in [0.2, 0.25) is 5.91 Å². The van der Waals surface area contributed by atoms with Gasteiger partial charge in [0.05, 0.1) is 0 Å². The number of carbonyl (C=O) groups is 2. The second kappa shape index (κ2) is 9.90. The van der Waals surface area contributed by atoms with Crippen molar-refractivity contribution >= 4 is 11.9 Å². The van der Waals surface area contributed by atoms with E-state index in [1.165, 1.54) is 36.6 Å². The maximum absolute atomic E-state index is 12.4. The average Bonchev–Trinajstić information content (AvgIpc) is 2.54. The zero-order chi connectivity index (χ0) is 19.6. The highest BCUT2D eigenvalue weighted by molar-refractivity contribution is 5.91. The predicted molar refractivity (Wildman–Crippen MR) is 97.0 cm³/mol. The smallest absolute Gasteiger partial charge is 0.329 e. The van der Waals surface area contributed by atoms with Gasteiger partial charge in [0.15, 0.2) is 0 Å². The van der Waals surface area contributed by atoms with Crippen molar-refractivity contribution in [2.75, 3.05) is 0 Å². The van der Waals surface area contributed by atoms with Crippen LogP contribution in [-0.2, 0) is 20.7 Å². The highest BCUT2D eigenvalue weighted by Gasteiger charge is 2.26. The Hall–Kier alpha value is -3.25. The minimum Gasteiger partial charge on any atom is -0.508 e. The van der Waals surface area contributed by atoms with E-state index < -0.39 is 23.5 Å². The second-order valence-corrected chi connectivity index (χ2v) is 6.37. The Kier molecular flexibility index (Phi) is 7.92. The summed E-state index contributed by atoms with van der Waals surface area (Å²) in [5, 5.41) is 15.1. The van der Waals surface area contributed by atoms with Crippen molar-refractivity contribution in [3.8, 4) is 5.75 Å². The monoisotopic (exact) mass is 358 g/mol. The van der Waals surface area contributed by atoms with Crippen molar-refractivity contribution in [1.82, 2.24) is 5.32 Å². The first-order valence-corrected chi connectivity index (χ1v) is 7.90. The normalized spacial score (nSPS) is 12.6. The van der Waals surface area contributed by atoms with Crippen molar-refractivity contribution in [3.05, 3.63) is 64.7 Å². The van der Waals surface area contributed by atoms with Gasteiger partial charge in [0.25, 0.3) is 0 Å². The van der Waals surface area contributed by atoms with Crippen LogP contribution in [0.15, 0.2) is 53.8 Å². The largest absolute Gasteiger partial charge is 0.508 e. The molecule has 0 aliphatic carbocycles. The van der Waals surface area contributed by atoms with Gasteiger partial charge in [-0.1, -0.05) is 29.4 Å². The predicted octanol–water partition coefficient (Wildman–Crippen LogP) is 3.14. The number of esters is 1. The Morgan fingerprint density at radius 3 is 2.54 bits per heavy atom. The standard InChI is InChI=1S/C18H22N4O4/c1-18(2,3)26-17(25)15(12-13-7-9-14(23)10-8-13)21-16(24)6-4-5-11-20-22-19/h4-11,15,23H,12H2,1-3H3,(H,21,24)/b6-4+,11-5+/t15-/m0/s1. The molecule has 26 heavy (non-hydrogen) atoms. The number of phenols is 1. The molecule has 2 N–H and O–H groups in total. The minimum absolute atomic E-state index is 0.112. The lowest BCUT2D eigenvalue weighted by Crippen LogP contribution is -2.45. The molecule has 0 saturated carbocycles. The van der Waals surface area contributed by atoms with Crippen LogP contribution in [0.1, 0.15) is 26.3 Å². The third-order valence-corrected chi connectivity index (χ3v) is 2.95. The van der Waals surface area contributed by atoms with Crippen molar-refractivity contribution < 1.29 is 19.4 Å². The van der Waals surface area contributed by atoms with Gasteiger partial charge in [-0.05, 0) is 44.0 Å². The lowest BCUT2D eigenvalue weighted by molar-refractivity contribution is -0.158. The summed E-state index contributed by atoms with van der Waals surface area (Å²) in [6.07, 6.45) is 5.38. The Bertz CT molecular complexity index is 727. The van der Waals surface area contributed by atoms with Crippen LogP contribution in [-0.4, -0.2) is 28.6 Å². The fraction of sp³-hybridized carbons (Fsp3) is 0.333. The van der Waals surface area contributed by atoms with Crippen LogP contribution < -0.4 is 5.32 Å². The van der Waals surface area contributed by atoms with Crippen LogP contribution in [0.2, 0.25) is 0 Å². The molecule has 1 aromatic rings. The Morgan fingerprint density at radius 1 is 1.31 bits per heavy atom. The van der Waals surface area contributed by atoms with Gasteiger partial charge in [0, 0.05) is 23.6 Å². The molecule has 0 spiro atoms. The van der Waals surface area contributed by atoms with Crippen molar-refractivity contribution in [2.45, 2.75) is 38.8 Å². The van der Waals surface area contributed by atoms with Crippen LogP contribution in [0.3, 0.4) is 0 Å². The van der Waals surface area contributed by atoms with Gasteiger partial charge in [-0.15, -0.1) is 0 Å². The Labute approximate surface area is 151 Å². The number of nitrogens with one attached hydrogen (secondary N) is 1. The molecule has 1 atom stereocenters. The van der Waals surface area contributed by atoms with E-state index >= 15 is 0 Å². The van der Waals surface area contributed by atoms with Crippen LogP contribution >= 0.6 is 0 Å². The number of benzene rings is 1. The number of hydrogen-bond acceptors (Lipinski definition) is 5. The third kappa shape index (κ3) is 8.56. The summed E-state index contributed by atoms with van der Waals surface area (Å²) in [4.78, 5) is 27.0. The second-order valence-electron chi connectivity index (χ2n) is 6.37. The number of carbonyl (C=O) groups excluding carboxylic acids is 2. The van der Waals surface area contributed by atoms with Gasteiger partial charge in [-0.2, -0.15) is 0 Å². The van der Waals surface area contributed by atoms with Gasteiger partial charge in [-0.3, -0.25) is 4.79 Å². The number of amides is 1. The average molecular weight is 358 g/mol. The minimum atomic E-state index is -0.892. The summed E-state index contributed by atoms with van der Waals surface area (Å²) < 4.78 is 5.36. The molecule has 0 aliphatic heterocycles. The maximum Gasteiger partial charge on any atom is 0.329 e. The van der Waals surface area contributed by atoms with Crippen LogP contribution in [0.25, 0.3) is 10.4 Å². The van der Waals surface area contributed by atoms with E-state index in [1.807, 2.05) is 0 Å². The molecule has 0 aromatic heterocycles. The first-order valence-electron chi connectivity index (χ1n) is 7.90. The topological polar surface area (TPSA) is 124 Å². The zero-order valence-corrected chi connectivity index (χ0v) is 14.9. The molecule has 8 heteroatoms. The molecule has 1 rings (SSSR count). The molecule has 0 saturated heterocycles. The summed E-state index contributed by atoms with van der Waals surface area (Å²) in [7, 11) is 0. The summed E-state index contributed by atoms with van der Waals surface area (Å²) in [6.45, 7) is 5.22. The quantitative estimate of drug-likeness (QED) is 0.194. The highest BCUT2D eigenvalue weighted by Crippen LogP contribution is 2.14. The fourth-order valence-corrected chi connectivity index (χ4v) is 1.91. The highest BCUT2D eigenvalue weighted by atomic mass is 16.6. The summed E-state index contributed by atoms with van der Waals surface area (Å²) in [5.74, 6) is -0.941. The van der Waals surface area contributed by atoms with Crippen LogP contribution in [0.5, 0.6) is 5.75 Å². The number of nitrogens with zero attached hydrogens (tertiary/aromatic N) is 3. The van der Waals surface area contributed by atoms with E-state index in [9.17, 15) is 14.7 Å². The van der Waals surface area contributed by atoms with E-state index in [1.54, 1.807) is 32.9 Å². The number of aromatic hydroxyl groups is 1. The molecular formula is C18H22N4O4. The molecular weight excluding hydrogens is 336 g/mol. The fourth-order valence-electron chi connectivity index (χ4n) is 1.91. The van der Waals surface area contributed by atoms with E-state index in [0.29, 0.717) is 0 Å². The summed E-state index contributed by atoms with van der Waals surface area (Å²) in [5.41, 5.74) is 8.21. The number of rotatable bonds is 7. The lowest BCUT2D eigenvalue weighted by atomic mass is 10.1. The molecule has 0 fully saturated rings. The van der Waals surface area contributed by atoms with Crippen LogP contribution in [0, 0.1) is 0 Å². The molecule has 1 aromatic carbocycles. The molecule has 0 radical (unpaired) electrons. The zero-order valence-electron chi connectivity index (χ0n) is 14.9. The number of phenolic OH excluding ortho intramolecular Hbond substituents is 1. The van der Waals surface area contributed by atoms with Crippen molar-refractivity contribution in [3.63, 3.8) is 0 Å². The number of azide groups is 1. The molecule has 0 bridgehead atoms. The van der Waals surface area contributed by atoms with Crippen LogP contribution in [0.4, 0.5) is 0 Å². The molecule has 0 unspecified atom stereocenters. The van der Waals surface area contributed by atoms with Gasteiger partial charge >= 0.3 is 5.97 Å². The SMILES string of the molecule is CC(C)(C)OC(=O)[C@H](Cc1ccc(O)cc1)NC(=O)/C=C/C=C/N=[N+]=[N-]. The summed E-state index contributed by atoms with van der Waals surface area (Å²) >= 11 is 0. The molecule has 138 valence electrons. The molecule has 0 aliphatic rings. The van der Waals surface area contributed by atoms with E-state index in [2.05, 4.69) is 15.3 Å². The lowest BCUT2D eigenvalue weighted by Gasteiger charge is -2.24. The maximum atomic E-state index is 12.4. The van der Waals surface area contributed by atoms with E-state index in [4.69, 9.17) is 10.3 Å². The number of allylic oxidation sites excluding steroid dienone is 2. The van der Waals surface area contributed by atoms with Gasteiger partial charge in [-0.25, -0.2) is 4.79 Å². The molecule has 0 heterocycles. The van der Waals surface area contributed by atoms with E-state index in [0.717, 1.165) is 5.56 Å². The summed E-state index contributed by atoms with van der Waals surface area (Å²) in [6, 6.07) is 5.44. The molecule has 8 nitrogen and oxygen atoms in total. The van der Waals surface area contributed by atoms with E-state index in [-0.39, 0.29) is 12.2 Å². The van der Waals surface area contributed by atoms with Gasteiger partial charge in [0.1, 0.15) is 17.4 Å². The van der Waals surface area contributed by atoms with Crippen molar-refractivity contribution in [1.29, 1.82) is 0 Å². The Balaban J connectivity index is 2.85. The van der Waals surface area contributed by atoms with Gasteiger partial charge < -0.3 is 15.2 Å². The first-order chi connectivity index (χ1) is 12.2. The first kappa shape index (κ1) is 20.8. The third-order valence-electron chi connectivity index (χ3n) is 2.95.